The van der Waals surface area contributed by atoms with Crippen molar-refractivity contribution in [1.82, 2.24) is 4.98 Å². The number of halogens is 1. The zero-order valence-corrected chi connectivity index (χ0v) is 10.5. The van der Waals surface area contributed by atoms with E-state index in [1.54, 1.807) is 12.3 Å². The Kier molecular flexibility index (Phi) is 4.83. The van der Waals surface area contributed by atoms with Gasteiger partial charge in [-0.3, -0.25) is 4.55 Å². The summed E-state index contributed by atoms with van der Waals surface area (Å²) >= 11 is 0. The predicted octanol–water partition coefficient (Wildman–Crippen LogP) is 1.35. The van der Waals surface area contributed by atoms with Crippen molar-refractivity contribution in [2.24, 2.45) is 0 Å². The molecule has 0 aliphatic heterocycles. The third-order valence-electron chi connectivity index (χ3n) is 2.11. The van der Waals surface area contributed by atoms with E-state index in [0.717, 1.165) is 16.5 Å². The number of aliphatic hydroxyl groups excluding tert-OH is 1. The first kappa shape index (κ1) is 14.6. The Morgan fingerprint density at radius 1 is 1.39 bits per heavy atom. The van der Waals surface area contributed by atoms with Gasteiger partial charge in [-0.2, -0.15) is 8.42 Å². The Bertz CT molecular complexity index is 613. The van der Waals surface area contributed by atoms with Gasteiger partial charge < -0.3 is 10.1 Å². The van der Waals surface area contributed by atoms with Crippen molar-refractivity contribution in [3.05, 3.63) is 35.8 Å². The van der Waals surface area contributed by atoms with Gasteiger partial charge in [0.1, 0.15) is 5.82 Å². The van der Waals surface area contributed by atoms with Crippen molar-refractivity contribution >= 4 is 21.0 Å². The highest BCUT2D eigenvalue weighted by molar-refractivity contribution is 7.85. The summed E-state index contributed by atoms with van der Waals surface area (Å²) in [5.41, 5.74) is 1.86. The SMILES string of the molecule is CS(=O)(=O)O.OCCc1c[nH]c2ccc(F)cc12. The molecular weight excluding hydrogens is 261 g/mol. The predicted molar refractivity (Wildman–Crippen MR) is 66.5 cm³/mol. The minimum Gasteiger partial charge on any atom is -0.396 e. The first-order valence-electron chi connectivity index (χ1n) is 5.10. The van der Waals surface area contributed by atoms with Crippen LogP contribution in [0.5, 0.6) is 0 Å². The van der Waals surface area contributed by atoms with Crippen LogP contribution in [0.2, 0.25) is 0 Å². The van der Waals surface area contributed by atoms with E-state index in [0.29, 0.717) is 12.7 Å². The van der Waals surface area contributed by atoms with Crippen LogP contribution in [-0.2, 0) is 16.5 Å². The average Bonchev–Trinajstić information content (AvgIpc) is 2.59. The normalized spacial score (nSPS) is 11.1. The molecule has 1 heterocycles. The molecule has 0 fully saturated rings. The number of aromatic amines is 1. The maximum atomic E-state index is 12.9. The number of nitrogens with one attached hydrogen (secondary N) is 1. The molecule has 0 saturated heterocycles. The maximum Gasteiger partial charge on any atom is 0.261 e. The molecule has 100 valence electrons. The molecule has 0 bridgehead atoms. The summed E-state index contributed by atoms with van der Waals surface area (Å²) in [6.07, 6.45) is 3.08. The van der Waals surface area contributed by atoms with E-state index in [4.69, 9.17) is 9.66 Å². The Morgan fingerprint density at radius 3 is 2.56 bits per heavy atom. The monoisotopic (exact) mass is 275 g/mol. The maximum absolute atomic E-state index is 12.9. The summed E-state index contributed by atoms with van der Waals surface area (Å²) in [6, 6.07) is 4.60. The Balaban J connectivity index is 0.000000280. The number of fused-ring (bicyclic) bond motifs is 1. The number of rotatable bonds is 2. The first-order chi connectivity index (χ1) is 8.31. The van der Waals surface area contributed by atoms with Crippen molar-refractivity contribution in [3.8, 4) is 0 Å². The minimum atomic E-state index is -3.67. The van der Waals surface area contributed by atoms with Crippen LogP contribution in [-0.4, -0.2) is 35.9 Å². The lowest BCUT2D eigenvalue weighted by molar-refractivity contribution is 0.300. The van der Waals surface area contributed by atoms with Crippen molar-refractivity contribution in [2.45, 2.75) is 6.42 Å². The minimum absolute atomic E-state index is 0.0868. The quantitative estimate of drug-likeness (QED) is 0.721. The molecule has 7 heteroatoms. The van der Waals surface area contributed by atoms with Crippen LogP contribution in [0, 0.1) is 5.82 Å². The molecule has 5 nitrogen and oxygen atoms in total. The Labute approximate surface area is 104 Å². The molecule has 0 radical (unpaired) electrons. The topological polar surface area (TPSA) is 90.4 Å². The van der Waals surface area contributed by atoms with Gasteiger partial charge in [0.2, 0.25) is 0 Å². The van der Waals surface area contributed by atoms with Gasteiger partial charge in [0.25, 0.3) is 10.1 Å². The van der Waals surface area contributed by atoms with Crippen LogP contribution in [0.4, 0.5) is 4.39 Å². The van der Waals surface area contributed by atoms with Crippen molar-refractivity contribution in [1.29, 1.82) is 0 Å². The molecule has 0 amide bonds. The number of aliphatic hydroxyl groups is 1. The lowest BCUT2D eigenvalue weighted by Gasteiger charge is -1.95. The standard InChI is InChI=1S/C10H10FNO.CH4O3S/c11-8-1-2-10-9(5-8)7(3-4-13)6-12-10;1-5(2,3)4/h1-2,5-6,12-13H,3-4H2;1H3,(H,2,3,4). The highest BCUT2D eigenvalue weighted by Gasteiger charge is 2.03. The summed E-state index contributed by atoms with van der Waals surface area (Å²) < 4.78 is 38.7. The smallest absolute Gasteiger partial charge is 0.261 e. The zero-order valence-electron chi connectivity index (χ0n) is 9.72. The van der Waals surface area contributed by atoms with E-state index in [1.165, 1.54) is 12.1 Å². The van der Waals surface area contributed by atoms with E-state index >= 15 is 0 Å². The summed E-state index contributed by atoms with van der Waals surface area (Å²) in [7, 11) is -3.67. The Hall–Kier alpha value is -1.44. The van der Waals surface area contributed by atoms with Crippen molar-refractivity contribution in [3.63, 3.8) is 0 Å². The molecule has 0 aliphatic rings. The van der Waals surface area contributed by atoms with Gasteiger partial charge in [-0.15, -0.1) is 0 Å². The van der Waals surface area contributed by atoms with Crippen LogP contribution in [0.15, 0.2) is 24.4 Å². The number of hydrogen-bond acceptors (Lipinski definition) is 3. The molecule has 0 saturated carbocycles. The summed E-state index contributed by atoms with van der Waals surface area (Å²) in [6.45, 7) is 0.0868. The van der Waals surface area contributed by atoms with Gasteiger partial charge in [0, 0.05) is 23.7 Å². The molecule has 3 N–H and O–H groups in total. The van der Waals surface area contributed by atoms with Gasteiger partial charge >= 0.3 is 0 Å². The highest BCUT2D eigenvalue weighted by atomic mass is 32.2. The van der Waals surface area contributed by atoms with Crippen molar-refractivity contribution < 1.29 is 22.5 Å². The molecule has 0 atom stereocenters. The van der Waals surface area contributed by atoms with Gasteiger partial charge in [0.15, 0.2) is 0 Å². The molecular formula is C11H14FNO4S. The lowest BCUT2D eigenvalue weighted by Crippen LogP contribution is -1.88. The van der Waals surface area contributed by atoms with Crippen LogP contribution in [0.1, 0.15) is 5.56 Å². The molecule has 0 spiro atoms. The fourth-order valence-electron chi connectivity index (χ4n) is 1.48. The second kappa shape index (κ2) is 5.94. The second-order valence-electron chi connectivity index (χ2n) is 3.71. The van der Waals surface area contributed by atoms with E-state index in [2.05, 4.69) is 4.98 Å². The molecule has 0 aliphatic carbocycles. The van der Waals surface area contributed by atoms with Crippen LogP contribution in [0.3, 0.4) is 0 Å². The summed E-state index contributed by atoms with van der Waals surface area (Å²) in [5.74, 6) is -0.244. The van der Waals surface area contributed by atoms with Gasteiger partial charge in [-0.1, -0.05) is 0 Å². The molecule has 18 heavy (non-hydrogen) atoms. The lowest BCUT2D eigenvalue weighted by atomic mass is 10.1. The second-order valence-corrected chi connectivity index (χ2v) is 5.18. The molecule has 0 unspecified atom stereocenters. The Morgan fingerprint density at radius 2 is 2.00 bits per heavy atom. The largest absolute Gasteiger partial charge is 0.396 e. The molecule has 1 aromatic carbocycles. The average molecular weight is 275 g/mol. The zero-order chi connectivity index (χ0) is 13.8. The van der Waals surface area contributed by atoms with Crippen molar-refractivity contribution in [2.75, 3.05) is 12.9 Å². The van der Waals surface area contributed by atoms with Gasteiger partial charge in [0.05, 0.1) is 6.26 Å². The van der Waals surface area contributed by atoms with E-state index in [9.17, 15) is 12.8 Å². The highest BCUT2D eigenvalue weighted by Crippen LogP contribution is 2.19. The number of aromatic nitrogens is 1. The molecule has 1 aromatic heterocycles. The number of benzene rings is 1. The summed E-state index contributed by atoms with van der Waals surface area (Å²) in [5, 5.41) is 9.61. The third-order valence-corrected chi connectivity index (χ3v) is 2.11. The number of H-pyrrole nitrogens is 1. The fourth-order valence-corrected chi connectivity index (χ4v) is 1.48. The van der Waals surface area contributed by atoms with E-state index < -0.39 is 10.1 Å². The first-order valence-corrected chi connectivity index (χ1v) is 6.95. The van der Waals surface area contributed by atoms with E-state index in [1.807, 2.05) is 0 Å². The molecule has 2 aromatic rings. The van der Waals surface area contributed by atoms with Crippen LogP contribution < -0.4 is 0 Å². The van der Waals surface area contributed by atoms with E-state index in [-0.39, 0.29) is 12.4 Å². The fraction of sp³-hybridized carbons (Fsp3) is 0.273. The third kappa shape index (κ3) is 4.82. The van der Waals surface area contributed by atoms with Gasteiger partial charge in [-0.25, -0.2) is 4.39 Å². The number of hydrogen-bond donors (Lipinski definition) is 3. The van der Waals surface area contributed by atoms with Crippen LogP contribution >= 0.6 is 0 Å². The summed E-state index contributed by atoms with van der Waals surface area (Å²) in [4.78, 5) is 3.02. The molecule has 2 rings (SSSR count). The van der Waals surface area contributed by atoms with Gasteiger partial charge in [-0.05, 0) is 30.2 Å². The van der Waals surface area contributed by atoms with Crippen LogP contribution in [0.25, 0.3) is 10.9 Å².